The number of carbonyl (C=O) groups excluding carboxylic acids is 1. The summed E-state index contributed by atoms with van der Waals surface area (Å²) in [6, 6.07) is 9.35. The van der Waals surface area contributed by atoms with E-state index in [1.54, 1.807) is 10.7 Å². The van der Waals surface area contributed by atoms with Crippen LogP contribution in [0.15, 0.2) is 29.8 Å². The molecule has 0 saturated carbocycles. The zero-order valence-corrected chi connectivity index (χ0v) is 15.6. The van der Waals surface area contributed by atoms with Gasteiger partial charge in [-0.15, -0.1) is 0 Å². The fraction of sp³-hybridized carbons (Fsp3) is 0.316. The molecule has 1 amide bonds. The molecular formula is C19H21ClN4O. The Bertz CT molecular complexity index is 859. The van der Waals surface area contributed by atoms with E-state index in [1.165, 1.54) is 6.08 Å². The molecule has 5 nitrogen and oxygen atoms in total. The molecule has 1 aromatic heterocycles. The Morgan fingerprint density at radius 1 is 1.40 bits per heavy atom. The summed E-state index contributed by atoms with van der Waals surface area (Å²) in [4.78, 5) is 12.4. The summed E-state index contributed by atoms with van der Waals surface area (Å²) < 4.78 is 1.70. The summed E-state index contributed by atoms with van der Waals surface area (Å²) in [6.07, 6.45) is 1.50. The quantitative estimate of drug-likeness (QED) is 0.639. The van der Waals surface area contributed by atoms with Gasteiger partial charge in [0.05, 0.1) is 5.69 Å². The van der Waals surface area contributed by atoms with Crippen LogP contribution in [0, 0.1) is 31.1 Å². The molecule has 0 aliphatic rings. The van der Waals surface area contributed by atoms with Crippen LogP contribution < -0.4 is 5.32 Å². The topological polar surface area (TPSA) is 70.7 Å². The first-order chi connectivity index (χ1) is 11.8. The second kappa shape index (κ2) is 8.00. The number of nitrogens with one attached hydrogen (secondary N) is 1. The summed E-state index contributed by atoms with van der Waals surface area (Å²) in [5.41, 5.74) is 2.86. The maximum absolute atomic E-state index is 12.4. The van der Waals surface area contributed by atoms with Crippen LogP contribution in [-0.4, -0.2) is 15.7 Å². The molecule has 2 rings (SSSR count). The number of hydrogen-bond donors (Lipinski definition) is 1. The Morgan fingerprint density at radius 3 is 2.68 bits per heavy atom. The van der Waals surface area contributed by atoms with Crippen LogP contribution in [0.2, 0.25) is 5.15 Å². The third kappa shape index (κ3) is 4.49. The molecule has 1 aromatic carbocycles. The first-order valence-corrected chi connectivity index (χ1v) is 8.43. The fourth-order valence-corrected chi connectivity index (χ4v) is 2.69. The van der Waals surface area contributed by atoms with Gasteiger partial charge in [-0.05, 0) is 37.5 Å². The molecule has 130 valence electrons. The smallest absolute Gasteiger partial charge is 0.266 e. The molecule has 0 radical (unpaired) electrons. The highest BCUT2D eigenvalue weighted by Crippen LogP contribution is 2.24. The number of hydrogen-bond acceptors (Lipinski definition) is 3. The summed E-state index contributed by atoms with van der Waals surface area (Å²) >= 11 is 6.38. The largest absolute Gasteiger partial charge is 0.321 e. The Kier molecular flexibility index (Phi) is 6.00. The maximum atomic E-state index is 12.4. The third-order valence-electron chi connectivity index (χ3n) is 3.69. The molecule has 0 saturated heterocycles. The molecule has 0 bridgehead atoms. The standard InChI is InChI=1S/C19H21ClN4O/c1-12(2)11-24-18(20)16(14(4)23-24)9-15(10-21)19(25)22-17-8-6-5-7-13(17)3/h5-9,12H,11H2,1-4H3,(H,22,25)/b15-9+. The van der Waals surface area contributed by atoms with Crippen molar-refractivity contribution in [1.29, 1.82) is 5.26 Å². The molecule has 25 heavy (non-hydrogen) atoms. The van der Waals surface area contributed by atoms with Crippen LogP contribution in [0.3, 0.4) is 0 Å². The number of halogens is 1. The van der Waals surface area contributed by atoms with Crippen molar-refractivity contribution in [2.45, 2.75) is 34.2 Å². The number of para-hydroxylation sites is 1. The molecule has 0 aliphatic carbocycles. The number of amides is 1. The third-order valence-corrected chi connectivity index (χ3v) is 4.09. The predicted molar refractivity (Wildman–Crippen MR) is 100 cm³/mol. The van der Waals surface area contributed by atoms with Crippen molar-refractivity contribution in [1.82, 2.24) is 9.78 Å². The Labute approximate surface area is 152 Å². The molecule has 0 fully saturated rings. The molecule has 0 atom stereocenters. The average molecular weight is 357 g/mol. The summed E-state index contributed by atoms with van der Waals surface area (Å²) in [6.45, 7) is 8.51. The van der Waals surface area contributed by atoms with Gasteiger partial charge in [-0.2, -0.15) is 10.4 Å². The van der Waals surface area contributed by atoms with E-state index in [2.05, 4.69) is 24.3 Å². The fourth-order valence-electron chi connectivity index (χ4n) is 2.39. The number of benzene rings is 1. The van der Waals surface area contributed by atoms with E-state index < -0.39 is 5.91 Å². The van der Waals surface area contributed by atoms with Crippen molar-refractivity contribution in [3.63, 3.8) is 0 Å². The summed E-state index contributed by atoms with van der Waals surface area (Å²) in [5, 5.41) is 17.0. The van der Waals surface area contributed by atoms with Crippen LogP contribution >= 0.6 is 11.6 Å². The highest BCUT2D eigenvalue weighted by atomic mass is 35.5. The average Bonchev–Trinajstić information content (AvgIpc) is 2.80. The van der Waals surface area contributed by atoms with Gasteiger partial charge in [0.1, 0.15) is 16.8 Å². The highest BCUT2D eigenvalue weighted by molar-refractivity contribution is 6.31. The second-order valence-electron chi connectivity index (χ2n) is 6.30. The number of carbonyl (C=O) groups is 1. The van der Waals surface area contributed by atoms with Crippen LogP contribution in [0.1, 0.15) is 30.7 Å². The molecule has 0 spiro atoms. The van der Waals surface area contributed by atoms with Gasteiger partial charge >= 0.3 is 0 Å². The number of nitrogens with zero attached hydrogens (tertiary/aromatic N) is 3. The molecule has 0 unspecified atom stereocenters. The molecule has 1 heterocycles. The zero-order valence-electron chi connectivity index (χ0n) is 14.8. The molecule has 0 aliphatic heterocycles. The van der Waals surface area contributed by atoms with E-state index in [1.807, 2.05) is 38.1 Å². The summed E-state index contributed by atoms with van der Waals surface area (Å²) in [7, 11) is 0. The van der Waals surface area contributed by atoms with E-state index >= 15 is 0 Å². The Balaban J connectivity index is 2.32. The minimum Gasteiger partial charge on any atom is -0.321 e. The van der Waals surface area contributed by atoms with Crippen molar-refractivity contribution in [3.8, 4) is 6.07 Å². The monoisotopic (exact) mass is 356 g/mol. The molecule has 1 N–H and O–H groups in total. The Morgan fingerprint density at radius 2 is 2.08 bits per heavy atom. The molecule has 6 heteroatoms. The van der Waals surface area contributed by atoms with Gasteiger partial charge in [-0.25, -0.2) is 0 Å². The minimum atomic E-state index is -0.469. The SMILES string of the molecule is Cc1ccccc1NC(=O)/C(C#N)=C/c1c(C)nn(CC(C)C)c1Cl. The van der Waals surface area contributed by atoms with E-state index in [4.69, 9.17) is 11.6 Å². The van der Waals surface area contributed by atoms with Gasteiger partial charge in [0.15, 0.2) is 0 Å². The first-order valence-electron chi connectivity index (χ1n) is 8.05. The minimum absolute atomic E-state index is 0.0163. The molecule has 2 aromatic rings. The lowest BCUT2D eigenvalue weighted by molar-refractivity contribution is -0.112. The lowest BCUT2D eigenvalue weighted by Crippen LogP contribution is -2.14. The number of aromatic nitrogens is 2. The normalized spacial score (nSPS) is 11.5. The first kappa shape index (κ1) is 18.8. The Hall–Kier alpha value is -2.58. The second-order valence-corrected chi connectivity index (χ2v) is 6.66. The van der Waals surface area contributed by atoms with E-state index in [0.717, 1.165) is 5.56 Å². The van der Waals surface area contributed by atoms with Crippen molar-refractivity contribution in [2.75, 3.05) is 5.32 Å². The van der Waals surface area contributed by atoms with Crippen LogP contribution in [0.5, 0.6) is 0 Å². The zero-order chi connectivity index (χ0) is 18.6. The van der Waals surface area contributed by atoms with Gasteiger partial charge < -0.3 is 5.32 Å². The van der Waals surface area contributed by atoms with Gasteiger partial charge in [0.25, 0.3) is 5.91 Å². The van der Waals surface area contributed by atoms with Crippen molar-refractivity contribution in [3.05, 3.63) is 51.8 Å². The van der Waals surface area contributed by atoms with Crippen molar-refractivity contribution in [2.24, 2.45) is 5.92 Å². The molecular weight excluding hydrogens is 336 g/mol. The van der Waals surface area contributed by atoms with E-state index in [0.29, 0.717) is 34.6 Å². The number of rotatable bonds is 5. The van der Waals surface area contributed by atoms with Crippen LogP contribution in [0.25, 0.3) is 6.08 Å². The highest BCUT2D eigenvalue weighted by Gasteiger charge is 2.16. The van der Waals surface area contributed by atoms with Crippen LogP contribution in [-0.2, 0) is 11.3 Å². The lowest BCUT2D eigenvalue weighted by atomic mass is 10.1. The van der Waals surface area contributed by atoms with Gasteiger partial charge in [-0.3, -0.25) is 9.48 Å². The number of anilines is 1. The predicted octanol–water partition coefficient (Wildman–Crippen LogP) is 4.36. The van der Waals surface area contributed by atoms with Crippen molar-refractivity contribution < 1.29 is 4.79 Å². The van der Waals surface area contributed by atoms with Gasteiger partial charge in [0, 0.05) is 17.8 Å². The number of nitriles is 1. The van der Waals surface area contributed by atoms with E-state index in [-0.39, 0.29) is 5.57 Å². The van der Waals surface area contributed by atoms with E-state index in [9.17, 15) is 10.1 Å². The van der Waals surface area contributed by atoms with Gasteiger partial charge in [-0.1, -0.05) is 43.6 Å². The maximum Gasteiger partial charge on any atom is 0.266 e. The summed E-state index contributed by atoms with van der Waals surface area (Å²) in [5.74, 6) is -0.0858. The van der Waals surface area contributed by atoms with Crippen molar-refractivity contribution >= 4 is 29.3 Å². The lowest BCUT2D eigenvalue weighted by Gasteiger charge is -2.07. The van der Waals surface area contributed by atoms with Crippen LogP contribution in [0.4, 0.5) is 5.69 Å². The number of aryl methyl sites for hydroxylation is 2. The van der Waals surface area contributed by atoms with Gasteiger partial charge in [0.2, 0.25) is 0 Å².